The van der Waals surface area contributed by atoms with Crippen LogP contribution in [0.4, 0.5) is 5.69 Å². The Hall–Kier alpha value is -4.37. The number of amides is 1. The summed E-state index contributed by atoms with van der Waals surface area (Å²) < 4.78 is 21.9. The standard InChI is InChI=1S/C27H28N4O5/c1-33-21-11-10-17(12-20(21)30-27(32)24(28)16-8-6-5-7-9-16)19-15-29-31-25(19)18-13-22(34-2)26(36-4)23(14-18)35-3/h5-14,24H,15,28H2,1-4H3,(H,30,32). The van der Waals surface area contributed by atoms with E-state index in [2.05, 4.69) is 15.5 Å². The number of anilines is 1. The lowest BCUT2D eigenvalue weighted by atomic mass is 9.99. The van der Waals surface area contributed by atoms with Crippen molar-refractivity contribution < 1.29 is 23.7 Å². The van der Waals surface area contributed by atoms with Crippen LogP contribution in [-0.2, 0) is 4.79 Å². The molecule has 0 bridgehead atoms. The van der Waals surface area contributed by atoms with Crippen molar-refractivity contribution in [3.05, 3.63) is 77.4 Å². The van der Waals surface area contributed by atoms with Crippen LogP contribution in [0.25, 0.3) is 11.3 Å². The summed E-state index contributed by atoms with van der Waals surface area (Å²) in [7, 11) is 6.22. The SMILES string of the molecule is COc1ccc(C2=C(c3cc(OC)c(OC)c(OC)c3)N=NC2)cc1NC(=O)C(N)c1ccccc1. The van der Waals surface area contributed by atoms with Crippen molar-refractivity contribution in [2.45, 2.75) is 6.04 Å². The van der Waals surface area contributed by atoms with Gasteiger partial charge in [0.15, 0.2) is 11.5 Å². The number of nitrogens with one attached hydrogen (secondary N) is 1. The van der Waals surface area contributed by atoms with Crippen LogP contribution in [0.5, 0.6) is 23.0 Å². The van der Waals surface area contributed by atoms with Gasteiger partial charge in [-0.15, -0.1) is 0 Å². The predicted octanol–water partition coefficient (Wildman–Crippen LogP) is 4.69. The average molecular weight is 489 g/mol. The van der Waals surface area contributed by atoms with Crippen molar-refractivity contribution >= 4 is 22.9 Å². The smallest absolute Gasteiger partial charge is 0.245 e. The lowest BCUT2D eigenvalue weighted by Crippen LogP contribution is -2.27. The van der Waals surface area contributed by atoms with Gasteiger partial charge >= 0.3 is 0 Å². The van der Waals surface area contributed by atoms with Crippen LogP contribution in [0.1, 0.15) is 22.7 Å². The van der Waals surface area contributed by atoms with Crippen molar-refractivity contribution in [1.82, 2.24) is 0 Å². The summed E-state index contributed by atoms with van der Waals surface area (Å²) in [6.45, 7) is 0.370. The molecule has 1 aliphatic rings. The molecule has 0 fully saturated rings. The van der Waals surface area contributed by atoms with E-state index in [4.69, 9.17) is 24.7 Å². The molecule has 0 spiro atoms. The minimum Gasteiger partial charge on any atom is -0.495 e. The van der Waals surface area contributed by atoms with Crippen molar-refractivity contribution in [3.8, 4) is 23.0 Å². The fourth-order valence-electron chi connectivity index (χ4n) is 4.01. The van der Waals surface area contributed by atoms with Crippen molar-refractivity contribution in [2.24, 2.45) is 16.0 Å². The minimum atomic E-state index is -0.829. The van der Waals surface area contributed by atoms with Gasteiger partial charge in [-0.3, -0.25) is 4.79 Å². The number of carbonyl (C=O) groups excluding carboxylic acids is 1. The van der Waals surface area contributed by atoms with Crippen LogP contribution >= 0.6 is 0 Å². The lowest BCUT2D eigenvalue weighted by Gasteiger charge is -2.17. The fourth-order valence-corrected chi connectivity index (χ4v) is 4.01. The number of benzene rings is 3. The summed E-state index contributed by atoms with van der Waals surface area (Å²) in [5, 5.41) is 11.5. The normalized spacial score (nSPS) is 13.4. The molecule has 4 rings (SSSR count). The molecule has 36 heavy (non-hydrogen) atoms. The first-order valence-corrected chi connectivity index (χ1v) is 11.2. The first kappa shape index (κ1) is 24.7. The summed E-state index contributed by atoms with van der Waals surface area (Å²) in [6, 6.07) is 17.5. The molecule has 1 unspecified atom stereocenters. The van der Waals surface area contributed by atoms with E-state index in [0.717, 1.165) is 16.7 Å². The summed E-state index contributed by atoms with van der Waals surface area (Å²) in [5.41, 5.74) is 10.5. The quantitative estimate of drug-likeness (QED) is 0.451. The zero-order valence-electron chi connectivity index (χ0n) is 20.6. The maximum atomic E-state index is 12.9. The molecule has 1 atom stereocenters. The molecule has 0 saturated carbocycles. The van der Waals surface area contributed by atoms with Gasteiger partial charge in [-0.2, -0.15) is 10.2 Å². The monoisotopic (exact) mass is 488 g/mol. The third-order valence-corrected chi connectivity index (χ3v) is 5.87. The van der Waals surface area contributed by atoms with Crippen molar-refractivity contribution in [1.29, 1.82) is 0 Å². The van der Waals surface area contributed by atoms with Gasteiger partial charge in [0.05, 0.1) is 46.4 Å². The zero-order valence-corrected chi connectivity index (χ0v) is 20.6. The van der Waals surface area contributed by atoms with E-state index in [9.17, 15) is 4.79 Å². The van der Waals surface area contributed by atoms with E-state index in [-0.39, 0.29) is 5.91 Å². The Bertz CT molecular complexity index is 1300. The van der Waals surface area contributed by atoms with Crippen LogP contribution in [0.3, 0.4) is 0 Å². The summed E-state index contributed by atoms with van der Waals surface area (Å²) in [5.74, 6) is 1.67. The maximum Gasteiger partial charge on any atom is 0.245 e. The topological polar surface area (TPSA) is 117 Å². The van der Waals surface area contributed by atoms with Crippen LogP contribution < -0.4 is 30.0 Å². The van der Waals surface area contributed by atoms with E-state index >= 15 is 0 Å². The number of rotatable bonds is 9. The van der Waals surface area contributed by atoms with Gasteiger partial charge in [0.1, 0.15) is 11.8 Å². The van der Waals surface area contributed by atoms with Crippen LogP contribution in [0.15, 0.2) is 70.9 Å². The molecule has 1 heterocycles. The number of azo groups is 1. The molecular weight excluding hydrogens is 460 g/mol. The molecule has 0 aliphatic carbocycles. The molecular formula is C27H28N4O5. The Kier molecular flexibility index (Phi) is 7.50. The largest absolute Gasteiger partial charge is 0.495 e. The number of ether oxygens (including phenoxy) is 4. The van der Waals surface area contributed by atoms with Gasteiger partial charge in [-0.1, -0.05) is 36.4 Å². The van der Waals surface area contributed by atoms with E-state index in [1.165, 1.54) is 0 Å². The van der Waals surface area contributed by atoms with Crippen LogP contribution in [0.2, 0.25) is 0 Å². The Labute approximate surface area is 209 Å². The summed E-state index contributed by atoms with van der Waals surface area (Å²) >= 11 is 0. The second-order valence-electron chi connectivity index (χ2n) is 7.93. The first-order valence-electron chi connectivity index (χ1n) is 11.2. The maximum absolute atomic E-state index is 12.9. The highest BCUT2D eigenvalue weighted by Gasteiger charge is 2.23. The molecule has 0 saturated heterocycles. The fraction of sp³-hybridized carbons (Fsp3) is 0.222. The number of nitrogens with two attached hydrogens (primary N) is 1. The second-order valence-corrected chi connectivity index (χ2v) is 7.93. The Morgan fingerprint density at radius 3 is 2.14 bits per heavy atom. The summed E-state index contributed by atoms with van der Waals surface area (Å²) in [4.78, 5) is 12.9. The molecule has 186 valence electrons. The van der Waals surface area contributed by atoms with Gasteiger partial charge in [-0.05, 0) is 35.4 Å². The molecule has 9 nitrogen and oxygen atoms in total. The molecule has 1 aliphatic heterocycles. The molecule has 3 aromatic carbocycles. The third kappa shape index (κ3) is 4.87. The van der Waals surface area contributed by atoms with E-state index in [1.54, 1.807) is 34.5 Å². The number of hydrogen-bond donors (Lipinski definition) is 2. The van der Waals surface area contributed by atoms with Gasteiger partial charge in [0.25, 0.3) is 0 Å². The van der Waals surface area contributed by atoms with Gasteiger partial charge < -0.3 is 30.0 Å². The second kappa shape index (κ2) is 10.9. The highest BCUT2D eigenvalue weighted by atomic mass is 16.5. The predicted molar refractivity (Wildman–Crippen MR) is 138 cm³/mol. The number of nitrogens with zero attached hydrogens (tertiary/aromatic N) is 2. The number of carbonyl (C=O) groups is 1. The van der Waals surface area contributed by atoms with Crippen molar-refractivity contribution in [3.63, 3.8) is 0 Å². The Balaban J connectivity index is 1.71. The van der Waals surface area contributed by atoms with E-state index < -0.39 is 6.04 Å². The molecule has 9 heteroatoms. The number of hydrogen-bond acceptors (Lipinski definition) is 8. The highest BCUT2D eigenvalue weighted by Crippen LogP contribution is 2.43. The zero-order chi connectivity index (χ0) is 25.7. The Morgan fingerprint density at radius 2 is 1.53 bits per heavy atom. The summed E-state index contributed by atoms with van der Waals surface area (Å²) in [6.07, 6.45) is 0. The van der Waals surface area contributed by atoms with Crippen LogP contribution in [0, 0.1) is 0 Å². The van der Waals surface area contributed by atoms with Crippen LogP contribution in [-0.4, -0.2) is 40.9 Å². The lowest BCUT2D eigenvalue weighted by molar-refractivity contribution is -0.117. The number of methoxy groups -OCH3 is 4. The molecule has 0 aromatic heterocycles. The van der Waals surface area contributed by atoms with E-state index in [0.29, 0.717) is 46.5 Å². The Morgan fingerprint density at radius 1 is 0.861 bits per heavy atom. The van der Waals surface area contributed by atoms with Crippen molar-refractivity contribution in [2.75, 3.05) is 40.3 Å². The molecule has 1 amide bonds. The van der Waals surface area contributed by atoms with Gasteiger partial charge in [-0.25, -0.2) is 0 Å². The average Bonchev–Trinajstić information content (AvgIpc) is 3.42. The molecule has 3 N–H and O–H groups in total. The first-order chi connectivity index (χ1) is 17.5. The van der Waals surface area contributed by atoms with Gasteiger partial charge in [0, 0.05) is 11.1 Å². The third-order valence-electron chi connectivity index (χ3n) is 5.87. The van der Waals surface area contributed by atoms with Gasteiger partial charge in [0.2, 0.25) is 11.7 Å². The molecule has 0 radical (unpaired) electrons. The van der Waals surface area contributed by atoms with E-state index in [1.807, 2.05) is 54.6 Å². The minimum absolute atomic E-state index is 0.351. The molecule has 3 aromatic rings. The highest BCUT2D eigenvalue weighted by molar-refractivity contribution is 5.98.